The van der Waals surface area contributed by atoms with Gasteiger partial charge in [-0.15, -0.1) is 0 Å². The van der Waals surface area contributed by atoms with Crippen molar-refractivity contribution in [3.05, 3.63) is 70.4 Å². The number of carbonyl (C=O) groups is 2. The first-order valence-corrected chi connectivity index (χ1v) is 10.8. The van der Waals surface area contributed by atoms with Crippen LogP contribution in [-0.2, 0) is 6.54 Å². The normalized spacial score (nSPS) is 15.9. The van der Waals surface area contributed by atoms with Crippen molar-refractivity contribution in [2.75, 3.05) is 0 Å². The molecule has 154 valence electrons. The van der Waals surface area contributed by atoms with E-state index in [1.165, 1.54) is 11.1 Å². The summed E-state index contributed by atoms with van der Waals surface area (Å²) in [7, 11) is 0. The summed E-state index contributed by atoms with van der Waals surface area (Å²) in [6.07, 6.45) is 4.25. The van der Waals surface area contributed by atoms with E-state index >= 15 is 0 Å². The Morgan fingerprint density at radius 1 is 1.03 bits per heavy atom. The molecule has 5 nitrogen and oxygen atoms in total. The van der Waals surface area contributed by atoms with Crippen molar-refractivity contribution in [3.8, 4) is 0 Å². The van der Waals surface area contributed by atoms with Crippen molar-refractivity contribution in [1.82, 2.24) is 15.2 Å². The molecule has 0 unspecified atom stereocenters. The summed E-state index contributed by atoms with van der Waals surface area (Å²) in [6, 6.07) is 14.5. The Morgan fingerprint density at radius 2 is 1.77 bits per heavy atom. The van der Waals surface area contributed by atoms with Crippen molar-refractivity contribution in [3.63, 3.8) is 0 Å². The second-order valence-corrected chi connectivity index (χ2v) is 8.83. The molecule has 2 aliphatic carbocycles. The minimum atomic E-state index is -0.0112. The smallest absolute Gasteiger partial charge is 0.270 e. The van der Waals surface area contributed by atoms with Crippen LogP contribution in [0, 0.1) is 13.8 Å². The SMILES string of the molecule is Cc1cc(C)c2cc(C(=O)N(Cc3ccc(C(=O)NC4CC4)cc3)C3CC3)[nH]c2c1. The Hall–Kier alpha value is -3.08. The lowest BCUT2D eigenvalue weighted by atomic mass is 10.1. The summed E-state index contributed by atoms with van der Waals surface area (Å²) in [5.74, 6) is 0.0317. The molecule has 2 aromatic carbocycles. The van der Waals surface area contributed by atoms with Gasteiger partial charge in [0.05, 0.1) is 0 Å². The topological polar surface area (TPSA) is 65.2 Å². The summed E-state index contributed by atoms with van der Waals surface area (Å²) >= 11 is 0. The lowest BCUT2D eigenvalue weighted by Crippen LogP contribution is -2.32. The quantitative estimate of drug-likeness (QED) is 0.639. The number of aromatic nitrogens is 1. The summed E-state index contributed by atoms with van der Waals surface area (Å²) < 4.78 is 0. The van der Waals surface area contributed by atoms with Gasteiger partial charge in [-0.1, -0.05) is 18.2 Å². The molecule has 2 amide bonds. The van der Waals surface area contributed by atoms with Gasteiger partial charge < -0.3 is 15.2 Å². The molecule has 0 atom stereocenters. The van der Waals surface area contributed by atoms with E-state index in [4.69, 9.17) is 0 Å². The maximum atomic E-state index is 13.3. The van der Waals surface area contributed by atoms with Gasteiger partial charge in [-0.05, 0) is 80.5 Å². The van der Waals surface area contributed by atoms with Gasteiger partial charge in [-0.2, -0.15) is 0 Å². The second-order valence-electron chi connectivity index (χ2n) is 8.83. The highest BCUT2D eigenvalue weighted by Gasteiger charge is 2.34. The lowest BCUT2D eigenvalue weighted by molar-refractivity contribution is 0.0724. The van der Waals surface area contributed by atoms with Gasteiger partial charge in [0.15, 0.2) is 0 Å². The maximum absolute atomic E-state index is 13.3. The van der Waals surface area contributed by atoms with Crippen LogP contribution in [0.4, 0.5) is 0 Å². The van der Waals surface area contributed by atoms with Crippen LogP contribution in [0.5, 0.6) is 0 Å². The van der Waals surface area contributed by atoms with Crippen LogP contribution in [0.15, 0.2) is 42.5 Å². The Bertz CT molecular complexity index is 1120. The predicted molar refractivity (Wildman–Crippen MR) is 118 cm³/mol. The monoisotopic (exact) mass is 401 g/mol. The minimum absolute atomic E-state index is 0.0112. The summed E-state index contributed by atoms with van der Waals surface area (Å²) in [6.45, 7) is 4.71. The molecule has 0 saturated heterocycles. The number of H-pyrrole nitrogens is 1. The standard InChI is InChI=1S/C25H27N3O2/c1-15-11-16(2)21-13-23(27-22(21)12-15)25(30)28(20-9-10-20)14-17-3-5-18(6-4-17)24(29)26-19-7-8-19/h3-6,11-13,19-20,27H,7-10,14H2,1-2H3,(H,26,29). The van der Waals surface area contributed by atoms with E-state index in [0.717, 1.165) is 42.1 Å². The molecule has 3 aromatic rings. The fourth-order valence-electron chi connectivity index (χ4n) is 4.08. The average molecular weight is 402 g/mol. The molecular weight excluding hydrogens is 374 g/mol. The number of carbonyl (C=O) groups excluding carboxylic acids is 2. The molecule has 1 heterocycles. The van der Waals surface area contributed by atoms with E-state index in [2.05, 4.69) is 36.3 Å². The Morgan fingerprint density at radius 3 is 2.43 bits per heavy atom. The first kappa shape index (κ1) is 18.9. The number of fused-ring (bicyclic) bond motifs is 1. The zero-order valence-corrected chi connectivity index (χ0v) is 17.5. The van der Waals surface area contributed by atoms with E-state index in [0.29, 0.717) is 29.9 Å². The average Bonchev–Trinajstić information content (AvgIpc) is 3.65. The molecule has 2 fully saturated rings. The molecule has 5 rings (SSSR count). The molecule has 30 heavy (non-hydrogen) atoms. The molecular formula is C25H27N3O2. The van der Waals surface area contributed by atoms with Crippen molar-refractivity contribution in [1.29, 1.82) is 0 Å². The molecule has 0 spiro atoms. The van der Waals surface area contributed by atoms with Crippen LogP contribution < -0.4 is 5.32 Å². The van der Waals surface area contributed by atoms with Crippen LogP contribution >= 0.6 is 0 Å². The fraction of sp³-hybridized carbons (Fsp3) is 0.360. The molecule has 1 aromatic heterocycles. The summed E-state index contributed by atoms with van der Waals surface area (Å²) in [5, 5.41) is 4.11. The van der Waals surface area contributed by atoms with E-state index in [1.807, 2.05) is 35.2 Å². The van der Waals surface area contributed by atoms with Crippen molar-refractivity contribution in [2.24, 2.45) is 0 Å². The Kier molecular flexibility index (Phi) is 4.61. The van der Waals surface area contributed by atoms with E-state index in [1.54, 1.807) is 0 Å². The number of hydrogen-bond donors (Lipinski definition) is 2. The van der Waals surface area contributed by atoms with Gasteiger partial charge in [0.25, 0.3) is 11.8 Å². The van der Waals surface area contributed by atoms with E-state index in [9.17, 15) is 9.59 Å². The first-order chi connectivity index (χ1) is 14.5. The highest BCUT2D eigenvalue weighted by molar-refractivity contribution is 5.99. The van der Waals surface area contributed by atoms with Gasteiger partial charge in [-0.25, -0.2) is 0 Å². The lowest BCUT2D eigenvalue weighted by Gasteiger charge is -2.22. The highest BCUT2D eigenvalue weighted by atomic mass is 16.2. The number of rotatable bonds is 6. The second kappa shape index (κ2) is 7.31. The number of aryl methyl sites for hydroxylation is 2. The fourth-order valence-corrected chi connectivity index (χ4v) is 4.08. The minimum Gasteiger partial charge on any atom is -0.351 e. The third kappa shape index (κ3) is 3.84. The van der Waals surface area contributed by atoms with Crippen molar-refractivity contribution in [2.45, 2.75) is 58.2 Å². The van der Waals surface area contributed by atoms with Crippen LogP contribution in [0.3, 0.4) is 0 Å². The third-order valence-corrected chi connectivity index (χ3v) is 6.05. The molecule has 0 bridgehead atoms. The molecule has 0 radical (unpaired) electrons. The number of aromatic amines is 1. The number of nitrogens with one attached hydrogen (secondary N) is 2. The predicted octanol–water partition coefficient (Wildman–Crippen LogP) is 4.48. The Labute approximate surface area is 176 Å². The van der Waals surface area contributed by atoms with Gasteiger partial charge in [-0.3, -0.25) is 9.59 Å². The van der Waals surface area contributed by atoms with Crippen LogP contribution in [0.1, 0.15) is 63.2 Å². The van der Waals surface area contributed by atoms with Crippen LogP contribution in [0.2, 0.25) is 0 Å². The van der Waals surface area contributed by atoms with E-state index in [-0.39, 0.29) is 11.8 Å². The molecule has 2 aliphatic rings. The summed E-state index contributed by atoms with van der Waals surface area (Å²) in [5.41, 5.74) is 5.74. The van der Waals surface area contributed by atoms with Gasteiger partial charge in [0.2, 0.25) is 0 Å². The number of nitrogens with zero attached hydrogens (tertiary/aromatic N) is 1. The van der Waals surface area contributed by atoms with Crippen LogP contribution in [-0.4, -0.2) is 33.8 Å². The molecule has 5 heteroatoms. The molecule has 2 saturated carbocycles. The number of amides is 2. The van der Waals surface area contributed by atoms with Crippen molar-refractivity contribution >= 4 is 22.7 Å². The highest BCUT2D eigenvalue weighted by Crippen LogP contribution is 2.31. The zero-order chi connectivity index (χ0) is 20.8. The number of benzene rings is 2. The molecule has 0 aliphatic heterocycles. The van der Waals surface area contributed by atoms with E-state index < -0.39 is 0 Å². The van der Waals surface area contributed by atoms with Gasteiger partial charge in [0.1, 0.15) is 5.69 Å². The maximum Gasteiger partial charge on any atom is 0.270 e. The summed E-state index contributed by atoms with van der Waals surface area (Å²) in [4.78, 5) is 30.8. The van der Waals surface area contributed by atoms with Crippen molar-refractivity contribution < 1.29 is 9.59 Å². The third-order valence-electron chi connectivity index (χ3n) is 6.05. The van der Waals surface area contributed by atoms with Gasteiger partial charge >= 0.3 is 0 Å². The largest absolute Gasteiger partial charge is 0.351 e. The van der Waals surface area contributed by atoms with Crippen LogP contribution in [0.25, 0.3) is 10.9 Å². The number of hydrogen-bond acceptors (Lipinski definition) is 2. The zero-order valence-electron chi connectivity index (χ0n) is 17.5. The molecule has 2 N–H and O–H groups in total. The van der Waals surface area contributed by atoms with Gasteiger partial charge in [0, 0.05) is 35.1 Å². The first-order valence-electron chi connectivity index (χ1n) is 10.8. The Balaban J connectivity index is 1.35.